The maximum Gasteiger partial charge on any atom is 0.257 e. The minimum Gasteiger partial charge on any atom is -0.364 e. The van der Waals surface area contributed by atoms with Crippen molar-refractivity contribution >= 4 is 34.8 Å². The van der Waals surface area contributed by atoms with Crippen LogP contribution in [0.25, 0.3) is 0 Å². The highest BCUT2D eigenvalue weighted by atomic mass is 35.5. The first kappa shape index (κ1) is 14.8. The number of ether oxygens (including phenoxy) is 1. The molecule has 1 heterocycles. The van der Waals surface area contributed by atoms with Gasteiger partial charge in [0.25, 0.3) is 5.91 Å². The fraction of sp³-hybridized carbons (Fsp3) is 0.588. The lowest BCUT2D eigenvalue weighted by Crippen LogP contribution is -2.52. The number of benzene rings is 1. The number of para-hydroxylation sites is 1. The van der Waals surface area contributed by atoms with E-state index in [-0.39, 0.29) is 16.7 Å². The SMILES string of the molecule is C[C@]12CC[C@H]3C[C@@]1(C(=O)Nc1c(Cl)cccc1Cl)OC[C@@]32C. The van der Waals surface area contributed by atoms with Gasteiger partial charge in [0.2, 0.25) is 0 Å². The van der Waals surface area contributed by atoms with Crippen LogP contribution in [0.15, 0.2) is 18.2 Å². The second kappa shape index (κ2) is 4.40. The number of halogens is 2. The summed E-state index contributed by atoms with van der Waals surface area (Å²) in [5.74, 6) is 0.467. The smallest absolute Gasteiger partial charge is 0.257 e. The van der Waals surface area contributed by atoms with Crippen molar-refractivity contribution in [3.8, 4) is 0 Å². The van der Waals surface area contributed by atoms with Crippen molar-refractivity contribution in [3.63, 3.8) is 0 Å². The molecule has 0 aromatic heterocycles. The largest absolute Gasteiger partial charge is 0.364 e. The highest BCUT2D eigenvalue weighted by Gasteiger charge is 2.78. The predicted octanol–water partition coefficient (Wildman–Crippen LogP) is 4.53. The van der Waals surface area contributed by atoms with Gasteiger partial charge in [0.05, 0.1) is 22.3 Å². The molecule has 4 atom stereocenters. The molecule has 4 rings (SSSR count). The Morgan fingerprint density at radius 1 is 1.32 bits per heavy atom. The summed E-state index contributed by atoms with van der Waals surface area (Å²) in [4.78, 5) is 13.1. The van der Waals surface area contributed by atoms with Gasteiger partial charge in [-0.1, -0.05) is 43.1 Å². The van der Waals surface area contributed by atoms with Crippen molar-refractivity contribution in [1.29, 1.82) is 0 Å². The lowest BCUT2D eigenvalue weighted by Gasteiger charge is -2.40. The standard InChI is InChI=1S/C17H19Cl2NO2/c1-15-9-22-17(8-10(15)6-7-16(15,17)2)14(21)20-13-11(18)4-3-5-12(13)19/h3-5,10H,6-9H2,1-2H3,(H,20,21)/t10-,15-,16+,17-/m0/s1. The Morgan fingerprint density at radius 2 is 2.00 bits per heavy atom. The van der Waals surface area contributed by atoms with E-state index in [0.717, 1.165) is 12.8 Å². The maximum absolute atomic E-state index is 13.1. The highest BCUT2D eigenvalue weighted by Crippen LogP contribution is 2.75. The van der Waals surface area contributed by atoms with Gasteiger partial charge in [0.1, 0.15) is 0 Å². The molecule has 5 heteroatoms. The molecule has 2 aliphatic carbocycles. The molecular formula is C17H19Cl2NO2. The molecule has 1 amide bonds. The van der Waals surface area contributed by atoms with Crippen LogP contribution in [0.5, 0.6) is 0 Å². The Balaban J connectivity index is 1.70. The Kier molecular flexibility index (Phi) is 2.96. The molecule has 3 nitrogen and oxygen atoms in total. The molecular weight excluding hydrogens is 321 g/mol. The molecule has 0 unspecified atom stereocenters. The van der Waals surface area contributed by atoms with Gasteiger partial charge in [-0.3, -0.25) is 4.79 Å². The summed E-state index contributed by atoms with van der Waals surface area (Å²) in [6.07, 6.45) is 3.03. The van der Waals surface area contributed by atoms with Crippen molar-refractivity contribution in [2.45, 2.75) is 38.7 Å². The molecule has 118 valence electrons. The Hall–Kier alpha value is -0.770. The van der Waals surface area contributed by atoms with E-state index in [1.54, 1.807) is 18.2 Å². The molecule has 3 aliphatic rings. The summed E-state index contributed by atoms with van der Waals surface area (Å²) < 4.78 is 6.09. The molecule has 1 saturated heterocycles. The van der Waals surface area contributed by atoms with Gasteiger partial charge < -0.3 is 10.1 Å². The van der Waals surface area contributed by atoms with E-state index in [0.29, 0.717) is 28.3 Å². The molecule has 0 radical (unpaired) electrons. The van der Waals surface area contributed by atoms with Crippen LogP contribution in [0, 0.1) is 16.7 Å². The molecule has 2 saturated carbocycles. The first-order valence-corrected chi connectivity index (χ1v) is 8.49. The summed E-state index contributed by atoms with van der Waals surface area (Å²) in [6.45, 7) is 5.15. The van der Waals surface area contributed by atoms with Crippen LogP contribution >= 0.6 is 23.2 Å². The first-order valence-electron chi connectivity index (χ1n) is 7.73. The number of anilines is 1. The van der Waals surface area contributed by atoms with Crippen LogP contribution in [0.3, 0.4) is 0 Å². The van der Waals surface area contributed by atoms with E-state index in [1.807, 2.05) is 0 Å². The molecule has 4 bridgehead atoms. The third-order valence-corrected chi connectivity index (χ3v) is 7.40. The van der Waals surface area contributed by atoms with Crippen LogP contribution in [0.1, 0.15) is 33.1 Å². The molecule has 0 spiro atoms. The quantitative estimate of drug-likeness (QED) is 0.859. The van der Waals surface area contributed by atoms with Gasteiger partial charge >= 0.3 is 0 Å². The summed E-state index contributed by atoms with van der Waals surface area (Å²) in [5, 5.41) is 3.84. The Bertz CT molecular complexity index is 658. The second-order valence-electron chi connectivity index (χ2n) is 7.36. The summed E-state index contributed by atoms with van der Waals surface area (Å²) in [7, 11) is 0. The van der Waals surface area contributed by atoms with E-state index < -0.39 is 5.60 Å². The highest BCUT2D eigenvalue weighted by molar-refractivity contribution is 6.39. The summed E-state index contributed by atoms with van der Waals surface area (Å²) in [5.41, 5.74) is -0.265. The van der Waals surface area contributed by atoms with Crippen LogP contribution < -0.4 is 5.32 Å². The lowest BCUT2D eigenvalue weighted by molar-refractivity contribution is -0.149. The zero-order valence-electron chi connectivity index (χ0n) is 12.7. The second-order valence-corrected chi connectivity index (χ2v) is 8.17. The minimum atomic E-state index is -0.743. The number of hydrogen-bond donors (Lipinski definition) is 1. The predicted molar refractivity (Wildman–Crippen MR) is 87.3 cm³/mol. The van der Waals surface area contributed by atoms with Gasteiger partial charge in [-0.2, -0.15) is 0 Å². The number of hydrogen-bond acceptors (Lipinski definition) is 2. The van der Waals surface area contributed by atoms with Gasteiger partial charge in [-0.15, -0.1) is 0 Å². The average Bonchev–Trinajstić information content (AvgIpc) is 2.95. The molecule has 1 aliphatic heterocycles. The third-order valence-electron chi connectivity index (χ3n) is 6.77. The lowest BCUT2D eigenvalue weighted by atomic mass is 9.66. The fourth-order valence-electron chi connectivity index (χ4n) is 5.09. The number of amides is 1. The van der Waals surface area contributed by atoms with Gasteiger partial charge in [0.15, 0.2) is 5.60 Å². The van der Waals surface area contributed by atoms with Crippen molar-refractivity contribution in [1.82, 2.24) is 0 Å². The zero-order valence-corrected chi connectivity index (χ0v) is 14.2. The van der Waals surface area contributed by atoms with Crippen LogP contribution in [0.4, 0.5) is 5.69 Å². The Labute approximate surface area is 140 Å². The van der Waals surface area contributed by atoms with E-state index in [9.17, 15) is 4.79 Å². The van der Waals surface area contributed by atoms with Gasteiger partial charge in [0, 0.05) is 10.8 Å². The summed E-state index contributed by atoms with van der Waals surface area (Å²) in [6, 6.07) is 5.21. The van der Waals surface area contributed by atoms with Crippen molar-refractivity contribution in [2.75, 3.05) is 11.9 Å². The molecule has 1 aromatic carbocycles. The Morgan fingerprint density at radius 3 is 2.59 bits per heavy atom. The number of carbonyl (C=O) groups excluding carboxylic acids is 1. The average molecular weight is 340 g/mol. The molecule has 3 fully saturated rings. The molecule has 1 N–H and O–H groups in total. The van der Waals surface area contributed by atoms with Crippen LogP contribution in [-0.2, 0) is 9.53 Å². The molecule has 1 aromatic rings. The maximum atomic E-state index is 13.1. The number of carbonyl (C=O) groups is 1. The topological polar surface area (TPSA) is 38.3 Å². The van der Waals surface area contributed by atoms with E-state index >= 15 is 0 Å². The van der Waals surface area contributed by atoms with Crippen LogP contribution in [-0.4, -0.2) is 18.1 Å². The van der Waals surface area contributed by atoms with Gasteiger partial charge in [-0.05, 0) is 37.3 Å². The van der Waals surface area contributed by atoms with E-state index in [2.05, 4.69) is 19.2 Å². The van der Waals surface area contributed by atoms with Gasteiger partial charge in [-0.25, -0.2) is 0 Å². The van der Waals surface area contributed by atoms with Crippen molar-refractivity contribution in [3.05, 3.63) is 28.2 Å². The van der Waals surface area contributed by atoms with Crippen LogP contribution in [0.2, 0.25) is 10.0 Å². The van der Waals surface area contributed by atoms with Crippen molar-refractivity contribution < 1.29 is 9.53 Å². The van der Waals surface area contributed by atoms with E-state index in [4.69, 9.17) is 27.9 Å². The first-order chi connectivity index (χ1) is 10.3. The zero-order chi connectivity index (χ0) is 15.8. The number of rotatable bonds is 2. The number of nitrogens with one attached hydrogen (secondary N) is 1. The normalized spacial score (nSPS) is 41.9. The minimum absolute atomic E-state index is 0.101. The fourth-order valence-corrected chi connectivity index (χ4v) is 5.58. The van der Waals surface area contributed by atoms with E-state index in [1.165, 1.54) is 6.42 Å². The third kappa shape index (κ3) is 1.50. The summed E-state index contributed by atoms with van der Waals surface area (Å²) >= 11 is 12.4. The monoisotopic (exact) mass is 339 g/mol. The van der Waals surface area contributed by atoms with Crippen molar-refractivity contribution in [2.24, 2.45) is 16.7 Å². The molecule has 22 heavy (non-hydrogen) atoms.